The summed E-state index contributed by atoms with van der Waals surface area (Å²) in [6.45, 7) is 7.79. The van der Waals surface area contributed by atoms with Crippen LogP contribution in [-0.4, -0.2) is 25.3 Å². The van der Waals surface area contributed by atoms with Crippen molar-refractivity contribution >= 4 is 0 Å². The number of hydrogen-bond donors (Lipinski definition) is 1. The molecule has 0 amide bonds. The van der Waals surface area contributed by atoms with Gasteiger partial charge in [-0.2, -0.15) is 0 Å². The second kappa shape index (κ2) is 5.27. The Bertz CT molecular complexity index is 251. The van der Waals surface area contributed by atoms with E-state index in [0.29, 0.717) is 6.04 Å². The molecule has 0 heterocycles. The zero-order valence-electron chi connectivity index (χ0n) is 12.0. The van der Waals surface area contributed by atoms with Crippen LogP contribution in [0.4, 0.5) is 0 Å². The fourth-order valence-electron chi connectivity index (χ4n) is 3.76. The monoisotopic (exact) mass is 239 g/mol. The number of rotatable bonds is 6. The average molecular weight is 239 g/mol. The van der Waals surface area contributed by atoms with Gasteiger partial charge in [0.25, 0.3) is 0 Å². The van der Waals surface area contributed by atoms with Crippen molar-refractivity contribution in [2.24, 2.45) is 17.8 Å². The normalized spacial score (nSPS) is 34.2. The van der Waals surface area contributed by atoms with Crippen LogP contribution in [0.2, 0.25) is 0 Å². The molecule has 17 heavy (non-hydrogen) atoms. The third kappa shape index (κ3) is 3.23. The molecule has 2 rings (SSSR count). The van der Waals surface area contributed by atoms with Crippen LogP contribution in [0.25, 0.3) is 0 Å². The van der Waals surface area contributed by atoms with Crippen molar-refractivity contribution in [3.05, 3.63) is 0 Å². The van der Waals surface area contributed by atoms with Crippen molar-refractivity contribution in [1.82, 2.24) is 5.32 Å². The Balaban J connectivity index is 1.69. The number of ether oxygens (including phenoxy) is 1. The Morgan fingerprint density at radius 1 is 1.29 bits per heavy atom. The second-order valence-corrected chi connectivity index (χ2v) is 6.80. The second-order valence-electron chi connectivity index (χ2n) is 6.80. The van der Waals surface area contributed by atoms with Gasteiger partial charge in [-0.1, -0.05) is 6.42 Å². The molecule has 4 unspecified atom stereocenters. The molecule has 2 saturated carbocycles. The summed E-state index contributed by atoms with van der Waals surface area (Å²) < 4.78 is 5.45. The molecule has 2 aliphatic carbocycles. The molecule has 2 heteroatoms. The molecule has 2 bridgehead atoms. The van der Waals surface area contributed by atoms with Gasteiger partial charge in [-0.15, -0.1) is 0 Å². The Hall–Kier alpha value is -0.0800. The number of methoxy groups -OCH3 is 1. The first-order chi connectivity index (χ1) is 8.02. The summed E-state index contributed by atoms with van der Waals surface area (Å²) in [6.07, 6.45) is 7.08. The van der Waals surface area contributed by atoms with E-state index in [1.807, 2.05) is 0 Å². The molecule has 4 atom stereocenters. The fraction of sp³-hybridized carbons (Fsp3) is 1.00. The first kappa shape index (κ1) is 13.4. The molecule has 0 aromatic heterocycles. The molecule has 1 N–H and O–H groups in total. The van der Waals surface area contributed by atoms with Gasteiger partial charge in [0.2, 0.25) is 0 Å². The van der Waals surface area contributed by atoms with E-state index in [9.17, 15) is 0 Å². The van der Waals surface area contributed by atoms with Gasteiger partial charge in [0.15, 0.2) is 0 Å². The highest BCUT2D eigenvalue weighted by atomic mass is 16.5. The van der Waals surface area contributed by atoms with Crippen LogP contribution in [0, 0.1) is 17.8 Å². The quantitative estimate of drug-likeness (QED) is 0.768. The van der Waals surface area contributed by atoms with Crippen molar-refractivity contribution < 1.29 is 4.74 Å². The topological polar surface area (TPSA) is 21.3 Å². The maximum Gasteiger partial charge on any atom is 0.0634 e. The lowest BCUT2D eigenvalue weighted by molar-refractivity contribution is 0.0148. The molecule has 0 aliphatic heterocycles. The lowest BCUT2D eigenvalue weighted by Gasteiger charge is -2.30. The molecule has 0 radical (unpaired) electrons. The summed E-state index contributed by atoms with van der Waals surface area (Å²) in [4.78, 5) is 0. The first-order valence-corrected chi connectivity index (χ1v) is 7.30. The fourth-order valence-corrected chi connectivity index (χ4v) is 3.76. The first-order valence-electron chi connectivity index (χ1n) is 7.30. The van der Waals surface area contributed by atoms with Crippen LogP contribution < -0.4 is 5.32 Å². The van der Waals surface area contributed by atoms with Crippen LogP contribution >= 0.6 is 0 Å². The van der Waals surface area contributed by atoms with E-state index in [4.69, 9.17) is 4.74 Å². The van der Waals surface area contributed by atoms with Crippen LogP contribution in [0.3, 0.4) is 0 Å². The summed E-state index contributed by atoms with van der Waals surface area (Å²) >= 11 is 0. The summed E-state index contributed by atoms with van der Waals surface area (Å²) in [7, 11) is 1.80. The molecule has 2 aliphatic rings. The average Bonchev–Trinajstić information content (AvgIpc) is 2.90. The van der Waals surface area contributed by atoms with Gasteiger partial charge < -0.3 is 10.1 Å². The van der Waals surface area contributed by atoms with Crippen molar-refractivity contribution in [3.8, 4) is 0 Å². The zero-order chi connectivity index (χ0) is 12.5. The van der Waals surface area contributed by atoms with Gasteiger partial charge >= 0.3 is 0 Å². The van der Waals surface area contributed by atoms with Crippen LogP contribution in [0.5, 0.6) is 0 Å². The maximum absolute atomic E-state index is 5.45. The minimum Gasteiger partial charge on any atom is -0.379 e. The van der Waals surface area contributed by atoms with E-state index in [2.05, 4.69) is 26.1 Å². The predicted molar refractivity (Wildman–Crippen MR) is 72.1 cm³/mol. The van der Waals surface area contributed by atoms with Crippen molar-refractivity contribution in [2.45, 2.75) is 64.5 Å². The SMILES string of the molecule is COC(C)(C)CCNC(C)C1CC2CCC1C2. The number of nitrogens with one attached hydrogen (secondary N) is 1. The number of hydrogen-bond acceptors (Lipinski definition) is 2. The highest BCUT2D eigenvalue weighted by Gasteiger charge is 2.41. The van der Waals surface area contributed by atoms with Gasteiger partial charge in [0, 0.05) is 13.2 Å². The Labute approximate surface area is 107 Å². The Morgan fingerprint density at radius 3 is 2.59 bits per heavy atom. The van der Waals surface area contributed by atoms with Crippen LogP contribution in [0.1, 0.15) is 52.9 Å². The molecule has 0 saturated heterocycles. The van der Waals surface area contributed by atoms with Crippen LogP contribution in [-0.2, 0) is 4.74 Å². The van der Waals surface area contributed by atoms with E-state index in [1.54, 1.807) is 7.11 Å². The van der Waals surface area contributed by atoms with Gasteiger partial charge in [0.1, 0.15) is 0 Å². The van der Waals surface area contributed by atoms with E-state index in [-0.39, 0.29) is 5.60 Å². The largest absolute Gasteiger partial charge is 0.379 e. The van der Waals surface area contributed by atoms with Crippen molar-refractivity contribution in [3.63, 3.8) is 0 Å². The summed E-state index contributed by atoms with van der Waals surface area (Å²) in [6, 6.07) is 0.693. The summed E-state index contributed by atoms with van der Waals surface area (Å²) in [5.74, 6) is 3.03. The number of fused-ring (bicyclic) bond motifs is 2. The Kier molecular flexibility index (Phi) is 4.14. The summed E-state index contributed by atoms with van der Waals surface area (Å²) in [5.41, 5.74) is 0.0153. The van der Waals surface area contributed by atoms with Crippen molar-refractivity contribution in [1.29, 1.82) is 0 Å². The third-order valence-corrected chi connectivity index (χ3v) is 5.18. The standard InChI is InChI=1S/C15H29NO/c1-11(16-8-7-15(2,3)17-4)14-10-12-5-6-13(14)9-12/h11-14,16H,5-10H2,1-4H3. The summed E-state index contributed by atoms with van der Waals surface area (Å²) in [5, 5.41) is 3.72. The smallest absolute Gasteiger partial charge is 0.0634 e. The molecular weight excluding hydrogens is 210 g/mol. The van der Waals surface area contributed by atoms with Crippen molar-refractivity contribution in [2.75, 3.05) is 13.7 Å². The van der Waals surface area contributed by atoms with Gasteiger partial charge in [-0.25, -0.2) is 0 Å². The Morgan fingerprint density at radius 2 is 2.06 bits per heavy atom. The van der Waals surface area contributed by atoms with Gasteiger partial charge in [-0.05, 0) is 70.8 Å². The lowest BCUT2D eigenvalue weighted by Crippen LogP contribution is -2.39. The predicted octanol–water partition coefficient (Wildman–Crippen LogP) is 3.22. The third-order valence-electron chi connectivity index (χ3n) is 5.18. The molecule has 2 fully saturated rings. The molecule has 0 aromatic carbocycles. The highest BCUT2D eigenvalue weighted by molar-refractivity contribution is 4.94. The van der Waals surface area contributed by atoms with E-state index in [0.717, 1.165) is 30.7 Å². The highest BCUT2D eigenvalue weighted by Crippen LogP contribution is 2.49. The van der Waals surface area contributed by atoms with Gasteiger partial charge in [-0.3, -0.25) is 0 Å². The van der Waals surface area contributed by atoms with Gasteiger partial charge in [0.05, 0.1) is 5.60 Å². The van der Waals surface area contributed by atoms with E-state index >= 15 is 0 Å². The molecule has 2 nitrogen and oxygen atoms in total. The zero-order valence-corrected chi connectivity index (χ0v) is 12.0. The molecule has 0 aromatic rings. The molecule has 0 spiro atoms. The van der Waals surface area contributed by atoms with E-state index in [1.165, 1.54) is 25.7 Å². The molecule has 100 valence electrons. The minimum atomic E-state index is 0.0153. The minimum absolute atomic E-state index is 0.0153. The molecular formula is C15H29NO. The lowest BCUT2D eigenvalue weighted by atomic mass is 9.84. The van der Waals surface area contributed by atoms with Crippen LogP contribution in [0.15, 0.2) is 0 Å². The maximum atomic E-state index is 5.45. The van der Waals surface area contributed by atoms with E-state index < -0.39 is 0 Å².